The minimum atomic E-state index is -4.51. The molecular formula is C32H40F3N3O4. The zero-order chi connectivity index (χ0) is 30.8. The second-order valence-corrected chi connectivity index (χ2v) is 11.1. The molecule has 228 valence electrons. The average molecular weight is 588 g/mol. The molecule has 0 saturated heterocycles. The molecule has 3 rings (SSSR count). The fraction of sp³-hybridized carbons (Fsp3) is 0.500. The number of carbonyl (C=O) groups is 2. The first-order chi connectivity index (χ1) is 19.9. The summed E-state index contributed by atoms with van der Waals surface area (Å²) >= 11 is 0. The molecule has 2 aromatic carbocycles. The van der Waals surface area contributed by atoms with Crippen molar-refractivity contribution in [2.45, 2.75) is 103 Å². The van der Waals surface area contributed by atoms with E-state index in [0.29, 0.717) is 28.4 Å². The molecular weight excluding hydrogens is 547 g/mol. The van der Waals surface area contributed by atoms with Crippen LogP contribution in [0.2, 0.25) is 0 Å². The molecule has 0 aliphatic rings. The lowest BCUT2D eigenvalue weighted by atomic mass is 9.90. The fourth-order valence-electron chi connectivity index (χ4n) is 4.86. The van der Waals surface area contributed by atoms with Crippen LogP contribution in [0.1, 0.15) is 101 Å². The predicted octanol–water partition coefficient (Wildman–Crippen LogP) is 8.18. The Balaban J connectivity index is 1.62. The number of unbranched alkanes of at least 4 members (excludes halogenated alkanes) is 8. The number of carboxylic acids is 1. The summed E-state index contributed by atoms with van der Waals surface area (Å²) < 4.78 is 44.5. The fourth-order valence-corrected chi connectivity index (χ4v) is 4.86. The van der Waals surface area contributed by atoms with Crippen LogP contribution in [-0.4, -0.2) is 32.0 Å². The summed E-state index contributed by atoms with van der Waals surface area (Å²) in [4.78, 5) is 30.0. The number of alkyl halides is 3. The maximum Gasteiger partial charge on any atom is 0.416 e. The normalized spacial score (nSPS) is 12.0. The second-order valence-electron chi connectivity index (χ2n) is 11.1. The minimum absolute atomic E-state index is 0.0763. The van der Waals surface area contributed by atoms with Crippen molar-refractivity contribution in [3.05, 3.63) is 71.0 Å². The first-order valence-corrected chi connectivity index (χ1v) is 14.6. The van der Waals surface area contributed by atoms with Crippen LogP contribution in [-0.2, 0) is 34.3 Å². The Morgan fingerprint density at radius 2 is 1.38 bits per heavy atom. The van der Waals surface area contributed by atoms with Crippen molar-refractivity contribution in [3.8, 4) is 11.5 Å². The molecule has 1 N–H and O–H groups in total. The van der Waals surface area contributed by atoms with Gasteiger partial charge < -0.3 is 14.5 Å². The molecule has 0 saturated carbocycles. The summed E-state index contributed by atoms with van der Waals surface area (Å²) in [6.45, 7) is 5.34. The quantitative estimate of drug-likeness (QED) is 0.142. The molecule has 1 heterocycles. The molecule has 0 spiro atoms. The number of hydrogen-bond acceptors (Lipinski definition) is 5. The molecule has 0 aliphatic heterocycles. The average Bonchev–Trinajstić information content (AvgIpc) is 3.43. The molecule has 42 heavy (non-hydrogen) atoms. The van der Waals surface area contributed by atoms with Gasteiger partial charge in [0.1, 0.15) is 0 Å². The zero-order valence-corrected chi connectivity index (χ0v) is 24.5. The van der Waals surface area contributed by atoms with E-state index in [4.69, 9.17) is 4.52 Å². The SMILES string of the molecule is CCCCCCCCCCCc1noc(-c2ccc(CN(C(=O)C(=O)O)C(C)(C)c3ccc(C(F)(F)F)cc3)cc2)n1. The summed E-state index contributed by atoms with van der Waals surface area (Å²) in [5.41, 5.74) is -0.363. The van der Waals surface area contributed by atoms with Gasteiger partial charge in [-0.1, -0.05) is 87.7 Å². The van der Waals surface area contributed by atoms with Gasteiger partial charge in [-0.15, -0.1) is 0 Å². The van der Waals surface area contributed by atoms with E-state index < -0.39 is 29.2 Å². The van der Waals surface area contributed by atoms with Crippen molar-refractivity contribution < 1.29 is 32.4 Å². The molecule has 0 aliphatic carbocycles. The molecule has 1 aromatic heterocycles. The van der Waals surface area contributed by atoms with Crippen molar-refractivity contribution in [3.63, 3.8) is 0 Å². The predicted molar refractivity (Wildman–Crippen MR) is 153 cm³/mol. The summed E-state index contributed by atoms with van der Waals surface area (Å²) in [5, 5.41) is 13.5. The van der Waals surface area contributed by atoms with Crippen molar-refractivity contribution in [2.75, 3.05) is 0 Å². The highest BCUT2D eigenvalue weighted by Gasteiger charge is 2.37. The Hall–Kier alpha value is -3.69. The molecule has 7 nitrogen and oxygen atoms in total. The summed E-state index contributed by atoms with van der Waals surface area (Å²) in [6, 6.07) is 11.3. The minimum Gasteiger partial charge on any atom is -0.474 e. The van der Waals surface area contributed by atoms with Gasteiger partial charge >= 0.3 is 18.1 Å². The van der Waals surface area contributed by atoms with Crippen LogP contribution in [0.15, 0.2) is 53.1 Å². The highest BCUT2D eigenvalue weighted by Crippen LogP contribution is 2.34. The lowest BCUT2D eigenvalue weighted by molar-refractivity contribution is -0.159. The van der Waals surface area contributed by atoms with Gasteiger partial charge in [0.25, 0.3) is 5.89 Å². The van der Waals surface area contributed by atoms with E-state index in [1.54, 1.807) is 38.1 Å². The lowest BCUT2D eigenvalue weighted by Gasteiger charge is -2.38. The summed E-state index contributed by atoms with van der Waals surface area (Å²) in [5.74, 6) is -1.80. The summed E-state index contributed by atoms with van der Waals surface area (Å²) in [6.07, 6.45) is 7.31. The topological polar surface area (TPSA) is 96.5 Å². The van der Waals surface area contributed by atoms with Gasteiger partial charge in [-0.25, -0.2) is 4.79 Å². The molecule has 1 amide bonds. The third-order valence-electron chi connectivity index (χ3n) is 7.54. The largest absolute Gasteiger partial charge is 0.474 e. The first kappa shape index (κ1) is 32.8. The molecule has 0 atom stereocenters. The Morgan fingerprint density at radius 3 is 1.93 bits per heavy atom. The Labute approximate surface area is 245 Å². The maximum atomic E-state index is 13.0. The number of halogens is 3. The van der Waals surface area contributed by atoms with Crippen LogP contribution >= 0.6 is 0 Å². The molecule has 0 bridgehead atoms. The molecule has 3 aromatic rings. The standard InChI is InChI=1S/C32H40F3N3O4/c1-4-5-6-7-8-9-10-11-12-13-27-36-28(42-37-27)24-16-14-23(15-17-24)22-38(29(39)30(40)41)31(2,3)25-18-20-26(21-19-25)32(33,34)35/h14-21H,4-13,22H2,1-3H3,(H,40,41). The van der Waals surface area contributed by atoms with E-state index in [1.165, 1.54) is 57.1 Å². The zero-order valence-electron chi connectivity index (χ0n) is 24.5. The van der Waals surface area contributed by atoms with Crippen LogP contribution in [0.3, 0.4) is 0 Å². The van der Waals surface area contributed by atoms with Crippen LogP contribution in [0, 0.1) is 0 Å². The van der Waals surface area contributed by atoms with E-state index in [-0.39, 0.29) is 6.54 Å². The molecule has 0 fully saturated rings. The van der Waals surface area contributed by atoms with Gasteiger partial charge in [0, 0.05) is 18.5 Å². The van der Waals surface area contributed by atoms with E-state index in [0.717, 1.165) is 36.3 Å². The van der Waals surface area contributed by atoms with Crippen LogP contribution in [0.5, 0.6) is 0 Å². The van der Waals surface area contributed by atoms with Gasteiger partial charge in [0.2, 0.25) is 0 Å². The highest BCUT2D eigenvalue weighted by molar-refractivity contribution is 6.31. The Kier molecular flexibility index (Phi) is 11.7. The number of hydrogen-bond donors (Lipinski definition) is 1. The number of rotatable bonds is 15. The number of aryl methyl sites for hydroxylation is 1. The lowest BCUT2D eigenvalue weighted by Crippen LogP contribution is -2.48. The van der Waals surface area contributed by atoms with E-state index >= 15 is 0 Å². The first-order valence-electron chi connectivity index (χ1n) is 14.6. The van der Waals surface area contributed by atoms with Gasteiger partial charge in [-0.3, -0.25) is 4.79 Å². The van der Waals surface area contributed by atoms with Crippen molar-refractivity contribution >= 4 is 11.9 Å². The number of carboxylic acid groups (broad SMARTS) is 1. The van der Waals surface area contributed by atoms with Gasteiger partial charge in [-0.2, -0.15) is 18.2 Å². The number of aromatic nitrogens is 2. The van der Waals surface area contributed by atoms with E-state index in [9.17, 15) is 27.9 Å². The third-order valence-corrected chi connectivity index (χ3v) is 7.54. The molecule has 10 heteroatoms. The number of nitrogens with zero attached hydrogens (tertiary/aromatic N) is 3. The number of amides is 1. The van der Waals surface area contributed by atoms with Crippen molar-refractivity contribution in [1.29, 1.82) is 0 Å². The Bertz CT molecular complexity index is 1290. The second kappa shape index (κ2) is 15.0. The van der Waals surface area contributed by atoms with Crippen molar-refractivity contribution in [1.82, 2.24) is 15.0 Å². The maximum absolute atomic E-state index is 13.0. The van der Waals surface area contributed by atoms with E-state index in [1.807, 2.05) is 0 Å². The van der Waals surface area contributed by atoms with E-state index in [2.05, 4.69) is 17.1 Å². The van der Waals surface area contributed by atoms with Crippen molar-refractivity contribution in [2.24, 2.45) is 0 Å². The summed E-state index contributed by atoms with van der Waals surface area (Å²) in [7, 11) is 0. The Morgan fingerprint density at radius 1 is 0.833 bits per heavy atom. The smallest absolute Gasteiger partial charge is 0.416 e. The van der Waals surface area contributed by atoms with Crippen LogP contribution in [0.4, 0.5) is 13.2 Å². The van der Waals surface area contributed by atoms with Gasteiger partial charge in [0.15, 0.2) is 5.82 Å². The van der Waals surface area contributed by atoms with Crippen LogP contribution < -0.4 is 0 Å². The third kappa shape index (κ3) is 9.16. The highest BCUT2D eigenvalue weighted by atomic mass is 19.4. The number of carbonyl (C=O) groups excluding carboxylic acids is 1. The number of benzene rings is 2. The molecule has 0 unspecified atom stereocenters. The van der Waals surface area contributed by atoms with Crippen LogP contribution in [0.25, 0.3) is 11.5 Å². The molecule has 0 radical (unpaired) electrons. The van der Waals surface area contributed by atoms with Gasteiger partial charge in [0.05, 0.1) is 11.1 Å². The van der Waals surface area contributed by atoms with Gasteiger partial charge in [-0.05, 0) is 55.7 Å². The monoisotopic (exact) mass is 587 g/mol. The number of aliphatic carboxylic acids is 1.